The van der Waals surface area contributed by atoms with E-state index in [0.717, 1.165) is 19.4 Å². The molecule has 0 radical (unpaired) electrons. The van der Waals surface area contributed by atoms with E-state index in [1.807, 2.05) is 13.8 Å². The van der Waals surface area contributed by atoms with E-state index in [2.05, 4.69) is 5.43 Å². The lowest BCUT2D eigenvalue weighted by atomic mass is 9.74. The quantitative estimate of drug-likeness (QED) is 0.429. The molecule has 124 valence electrons. The van der Waals surface area contributed by atoms with E-state index < -0.39 is 0 Å². The Bertz CT molecular complexity index is 284. The summed E-state index contributed by atoms with van der Waals surface area (Å²) in [5.74, 6) is 6.28. The number of nitrogens with two attached hydrogens (primary N) is 1. The maximum atomic E-state index is 6.18. The second-order valence-electron chi connectivity index (χ2n) is 6.32. The summed E-state index contributed by atoms with van der Waals surface area (Å²) in [6.45, 7) is 6.08. The zero-order valence-corrected chi connectivity index (χ0v) is 13.6. The minimum absolute atomic E-state index is 0.0348. The predicted octanol–water partition coefficient (Wildman–Crippen LogP) is 2.35. The molecule has 1 aliphatic heterocycles. The Morgan fingerprint density at radius 3 is 2.43 bits per heavy atom. The standard InChI is InChI=1S/C16H32N2O3/c1-3-19-15(20-4-2)14(18-17)13-8-11-21-16(12-13)9-6-5-7-10-16/h13-15,18H,3-12,17H2,1-2H3. The molecule has 1 spiro atoms. The monoisotopic (exact) mass is 300 g/mol. The van der Waals surface area contributed by atoms with Crippen molar-refractivity contribution in [1.29, 1.82) is 0 Å². The van der Waals surface area contributed by atoms with Gasteiger partial charge in [0.2, 0.25) is 0 Å². The van der Waals surface area contributed by atoms with Crippen LogP contribution in [0.3, 0.4) is 0 Å². The third-order valence-corrected chi connectivity index (χ3v) is 4.95. The summed E-state index contributed by atoms with van der Waals surface area (Å²) < 4.78 is 17.7. The van der Waals surface area contributed by atoms with Crippen molar-refractivity contribution in [1.82, 2.24) is 5.43 Å². The van der Waals surface area contributed by atoms with Gasteiger partial charge in [-0.05, 0) is 45.4 Å². The van der Waals surface area contributed by atoms with Crippen molar-refractivity contribution in [3.05, 3.63) is 0 Å². The Morgan fingerprint density at radius 1 is 1.19 bits per heavy atom. The van der Waals surface area contributed by atoms with E-state index in [9.17, 15) is 0 Å². The zero-order chi connectivity index (χ0) is 15.1. The molecule has 2 fully saturated rings. The Hall–Kier alpha value is -0.200. The molecular weight excluding hydrogens is 268 g/mol. The van der Waals surface area contributed by atoms with Crippen LogP contribution in [0, 0.1) is 5.92 Å². The van der Waals surface area contributed by atoms with Crippen LogP contribution in [0.25, 0.3) is 0 Å². The third-order valence-electron chi connectivity index (χ3n) is 4.95. The first-order valence-electron chi connectivity index (χ1n) is 8.58. The lowest BCUT2D eigenvalue weighted by Crippen LogP contribution is -2.55. The first-order chi connectivity index (χ1) is 10.2. The van der Waals surface area contributed by atoms with Gasteiger partial charge in [0.25, 0.3) is 0 Å². The average Bonchev–Trinajstić information content (AvgIpc) is 2.49. The molecule has 1 saturated carbocycles. The second-order valence-corrected chi connectivity index (χ2v) is 6.32. The van der Waals surface area contributed by atoms with Gasteiger partial charge in [-0.3, -0.25) is 11.3 Å². The van der Waals surface area contributed by atoms with E-state index in [1.54, 1.807) is 0 Å². The molecule has 0 aromatic heterocycles. The molecule has 1 heterocycles. The summed E-state index contributed by atoms with van der Waals surface area (Å²) in [4.78, 5) is 0. The normalized spacial score (nSPS) is 27.1. The largest absolute Gasteiger partial charge is 0.375 e. The van der Waals surface area contributed by atoms with Gasteiger partial charge in [0.1, 0.15) is 0 Å². The molecule has 3 N–H and O–H groups in total. The van der Waals surface area contributed by atoms with Crippen molar-refractivity contribution in [2.45, 2.75) is 76.7 Å². The van der Waals surface area contributed by atoms with E-state index in [-0.39, 0.29) is 17.9 Å². The van der Waals surface area contributed by atoms with Crippen molar-refractivity contribution in [2.75, 3.05) is 19.8 Å². The van der Waals surface area contributed by atoms with Gasteiger partial charge in [0.05, 0.1) is 11.6 Å². The lowest BCUT2D eigenvalue weighted by Gasteiger charge is -2.46. The highest BCUT2D eigenvalue weighted by Gasteiger charge is 2.42. The van der Waals surface area contributed by atoms with E-state index >= 15 is 0 Å². The number of rotatable bonds is 7. The van der Waals surface area contributed by atoms with Crippen LogP contribution < -0.4 is 11.3 Å². The number of hydrogen-bond donors (Lipinski definition) is 2. The molecule has 0 amide bonds. The Morgan fingerprint density at radius 2 is 1.86 bits per heavy atom. The second kappa shape index (κ2) is 8.44. The number of nitrogens with one attached hydrogen (secondary N) is 1. The molecule has 1 aliphatic carbocycles. The van der Waals surface area contributed by atoms with Gasteiger partial charge in [0, 0.05) is 19.8 Å². The highest BCUT2D eigenvalue weighted by Crippen LogP contribution is 2.42. The summed E-state index contributed by atoms with van der Waals surface area (Å²) in [5.41, 5.74) is 3.04. The first-order valence-corrected chi connectivity index (χ1v) is 8.58. The van der Waals surface area contributed by atoms with Gasteiger partial charge in [-0.25, -0.2) is 0 Å². The molecule has 0 aromatic carbocycles. The molecular formula is C16H32N2O3. The topological polar surface area (TPSA) is 65.7 Å². The summed E-state index contributed by atoms with van der Waals surface area (Å²) >= 11 is 0. The maximum absolute atomic E-state index is 6.18. The maximum Gasteiger partial charge on any atom is 0.174 e. The zero-order valence-electron chi connectivity index (χ0n) is 13.6. The predicted molar refractivity (Wildman–Crippen MR) is 82.6 cm³/mol. The fraction of sp³-hybridized carbons (Fsp3) is 1.00. The van der Waals surface area contributed by atoms with Gasteiger partial charge < -0.3 is 14.2 Å². The lowest BCUT2D eigenvalue weighted by molar-refractivity contribution is -0.182. The van der Waals surface area contributed by atoms with Crippen LogP contribution in [0.2, 0.25) is 0 Å². The van der Waals surface area contributed by atoms with Crippen molar-refractivity contribution in [3.63, 3.8) is 0 Å². The number of ether oxygens (including phenoxy) is 3. The van der Waals surface area contributed by atoms with Crippen LogP contribution in [-0.2, 0) is 14.2 Å². The van der Waals surface area contributed by atoms with Crippen LogP contribution in [0.15, 0.2) is 0 Å². The Kier molecular flexibility index (Phi) is 6.89. The van der Waals surface area contributed by atoms with Crippen LogP contribution >= 0.6 is 0 Å². The van der Waals surface area contributed by atoms with Gasteiger partial charge in [-0.2, -0.15) is 0 Å². The summed E-state index contributed by atoms with van der Waals surface area (Å²) in [6, 6.07) is 0.0348. The SMILES string of the molecule is CCOC(OCC)C(NN)C1CCOC2(CCCCC2)C1. The highest BCUT2D eigenvalue weighted by molar-refractivity contribution is 4.93. The van der Waals surface area contributed by atoms with Gasteiger partial charge in [-0.1, -0.05) is 19.3 Å². The van der Waals surface area contributed by atoms with Crippen molar-refractivity contribution >= 4 is 0 Å². The van der Waals surface area contributed by atoms with Gasteiger partial charge in [-0.15, -0.1) is 0 Å². The van der Waals surface area contributed by atoms with E-state index in [4.69, 9.17) is 20.1 Å². The highest BCUT2D eigenvalue weighted by atomic mass is 16.7. The molecule has 21 heavy (non-hydrogen) atoms. The Balaban J connectivity index is 2.02. The van der Waals surface area contributed by atoms with E-state index in [1.165, 1.54) is 32.1 Å². The smallest absolute Gasteiger partial charge is 0.174 e. The Labute approximate surface area is 128 Å². The third kappa shape index (κ3) is 4.39. The molecule has 0 aromatic rings. The molecule has 0 bridgehead atoms. The molecule has 2 rings (SSSR count). The molecule has 5 nitrogen and oxygen atoms in total. The molecule has 2 unspecified atom stereocenters. The minimum atomic E-state index is -0.270. The van der Waals surface area contributed by atoms with E-state index in [0.29, 0.717) is 19.1 Å². The van der Waals surface area contributed by atoms with Crippen molar-refractivity contribution < 1.29 is 14.2 Å². The van der Waals surface area contributed by atoms with Gasteiger partial charge in [0.15, 0.2) is 6.29 Å². The molecule has 5 heteroatoms. The fourth-order valence-electron chi connectivity index (χ4n) is 3.94. The van der Waals surface area contributed by atoms with Gasteiger partial charge >= 0.3 is 0 Å². The van der Waals surface area contributed by atoms with Crippen molar-refractivity contribution in [3.8, 4) is 0 Å². The van der Waals surface area contributed by atoms with Crippen LogP contribution in [0.1, 0.15) is 58.8 Å². The van der Waals surface area contributed by atoms with Crippen LogP contribution in [0.5, 0.6) is 0 Å². The molecule has 2 atom stereocenters. The minimum Gasteiger partial charge on any atom is -0.375 e. The summed E-state index contributed by atoms with van der Waals surface area (Å²) in [7, 11) is 0. The summed E-state index contributed by atoms with van der Waals surface area (Å²) in [5, 5.41) is 0. The number of hydrogen-bond acceptors (Lipinski definition) is 5. The van der Waals surface area contributed by atoms with Crippen LogP contribution in [0.4, 0.5) is 0 Å². The fourth-order valence-corrected chi connectivity index (χ4v) is 3.94. The molecule has 1 saturated heterocycles. The van der Waals surface area contributed by atoms with Crippen molar-refractivity contribution in [2.24, 2.45) is 11.8 Å². The number of hydrazine groups is 1. The summed E-state index contributed by atoms with van der Waals surface area (Å²) in [6.07, 6.45) is 8.11. The average molecular weight is 300 g/mol. The van der Waals surface area contributed by atoms with Crippen LogP contribution in [-0.4, -0.2) is 37.8 Å². The molecule has 2 aliphatic rings. The first kappa shape index (κ1) is 17.2.